The standard InChI is InChI=1S/C31H38ClN3O4S/c1-23(2)33-31(37)29(20-25-10-6-5-7-11-25)34(22-26-17-15-24(3)16-18-26)30(36)14-9-19-35(40(4,38)39)28-13-8-12-27(32)21-28/h5-8,10-13,15-18,21,23,29H,9,14,19-20,22H2,1-4H3,(H,33,37). The summed E-state index contributed by atoms with van der Waals surface area (Å²) in [7, 11) is -3.60. The third-order valence-corrected chi connectivity index (χ3v) is 7.85. The summed E-state index contributed by atoms with van der Waals surface area (Å²) in [6.07, 6.45) is 1.83. The van der Waals surface area contributed by atoms with Gasteiger partial charge >= 0.3 is 0 Å². The Morgan fingerprint density at radius 2 is 1.60 bits per heavy atom. The summed E-state index contributed by atoms with van der Waals surface area (Å²) in [5, 5.41) is 3.40. The minimum Gasteiger partial charge on any atom is -0.352 e. The molecule has 3 rings (SSSR count). The zero-order chi connectivity index (χ0) is 29.3. The first-order valence-electron chi connectivity index (χ1n) is 13.4. The first-order chi connectivity index (χ1) is 18.9. The molecule has 0 saturated carbocycles. The predicted molar refractivity (Wildman–Crippen MR) is 162 cm³/mol. The first kappa shape index (κ1) is 31.2. The monoisotopic (exact) mass is 583 g/mol. The molecule has 7 nitrogen and oxygen atoms in total. The molecule has 0 aliphatic rings. The van der Waals surface area contributed by atoms with E-state index in [0.717, 1.165) is 22.9 Å². The van der Waals surface area contributed by atoms with Crippen LogP contribution in [0.2, 0.25) is 5.02 Å². The van der Waals surface area contributed by atoms with E-state index in [-0.39, 0.29) is 43.8 Å². The highest BCUT2D eigenvalue weighted by Gasteiger charge is 2.31. The van der Waals surface area contributed by atoms with E-state index in [1.165, 1.54) is 4.31 Å². The number of hydrogen-bond acceptors (Lipinski definition) is 4. The molecule has 0 bridgehead atoms. The smallest absolute Gasteiger partial charge is 0.243 e. The Hall–Kier alpha value is -3.36. The largest absolute Gasteiger partial charge is 0.352 e. The number of nitrogens with one attached hydrogen (secondary N) is 1. The Morgan fingerprint density at radius 1 is 0.925 bits per heavy atom. The lowest BCUT2D eigenvalue weighted by Crippen LogP contribution is -2.51. The second kappa shape index (κ2) is 14.3. The summed E-state index contributed by atoms with van der Waals surface area (Å²) in [6.45, 7) is 6.13. The highest BCUT2D eigenvalue weighted by Crippen LogP contribution is 2.23. The van der Waals surface area contributed by atoms with Crippen molar-refractivity contribution < 1.29 is 18.0 Å². The van der Waals surface area contributed by atoms with E-state index in [0.29, 0.717) is 17.1 Å². The van der Waals surface area contributed by atoms with Gasteiger partial charge in [-0.3, -0.25) is 13.9 Å². The maximum Gasteiger partial charge on any atom is 0.243 e. The Balaban J connectivity index is 1.87. The van der Waals surface area contributed by atoms with Gasteiger partial charge in [0.1, 0.15) is 6.04 Å². The maximum atomic E-state index is 13.8. The van der Waals surface area contributed by atoms with Crippen LogP contribution in [0.5, 0.6) is 0 Å². The quantitative estimate of drug-likeness (QED) is 0.293. The van der Waals surface area contributed by atoms with E-state index in [9.17, 15) is 18.0 Å². The average molecular weight is 584 g/mol. The number of rotatable bonds is 13. The highest BCUT2D eigenvalue weighted by atomic mass is 35.5. The van der Waals surface area contributed by atoms with Gasteiger partial charge in [-0.25, -0.2) is 8.42 Å². The predicted octanol–water partition coefficient (Wildman–Crippen LogP) is 5.36. The molecule has 0 heterocycles. The first-order valence-corrected chi connectivity index (χ1v) is 15.6. The van der Waals surface area contributed by atoms with Crippen LogP contribution in [-0.2, 0) is 32.6 Å². The molecule has 0 spiro atoms. The lowest BCUT2D eigenvalue weighted by atomic mass is 10.0. The number of sulfonamides is 1. The van der Waals surface area contributed by atoms with Gasteiger partial charge in [-0.05, 0) is 56.5 Å². The zero-order valence-electron chi connectivity index (χ0n) is 23.5. The number of anilines is 1. The number of hydrogen-bond donors (Lipinski definition) is 1. The van der Waals surface area contributed by atoms with Crippen molar-refractivity contribution in [2.45, 2.75) is 58.7 Å². The van der Waals surface area contributed by atoms with E-state index in [4.69, 9.17) is 11.6 Å². The van der Waals surface area contributed by atoms with Gasteiger partial charge < -0.3 is 10.2 Å². The number of carbonyl (C=O) groups excluding carboxylic acids is 2. The van der Waals surface area contributed by atoms with Crippen molar-refractivity contribution in [1.29, 1.82) is 0 Å². The number of amides is 2. The Labute approximate surface area is 243 Å². The van der Waals surface area contributed by atoms with Crippen LogP contribution in [0.15, 0.2) is 78.9 Å². The average Bonchev–Trinajstić information content (AvgIpc) is 2.89. The molecule has 2 amide bonds. The van der Waals surface area contributed by atoms with Crippen LogP contribution >= 0.6 is 11.6 Å². The second-order valence-electron chi connectivity index (χ2n) is 10.3. The van der Waals surface area contributed by atoms with E-state index in [2.05, 4.69) is 5.32 Å². The van der Waals surface area contributed by atoms with Crippen LogP contribution in [0.1, 0.15) is 43.4 Å². The van der Waals surface area contributed by atoms with Crippen molar-refractivity contribution in [3.05, 3.63) is 101 Å². The summed E-state index contributed by atoms with van der Waals surface area (Å²) < 4.78 is 26.4. The van der Waals surface area contributed by atoms with Crippen LogP contribution in [0.3, 0.4) is 0 Å². The van der Waals surface area contributed by atoms with Gasteiger partial charge in [0.15, 0.2) is 0 Å². The van der Waals surface area contributed by atoms with Gasteiger partial charge in [0, 0.05) is 37.0 Å². The molecule has 214 valence electrons. The molecule has 3 aromatic rings. The molecule has 0 saturated heterocycles. The molecule has 1 N–H and O–H groups in total. The molecule has 9 heteroatoms. The Bertz CT molecular complexity index is 1380. The van der Waals surface area contributed by atoms with Gasteiger partial charge in [0.2, 0.25) is 21.8 Å². The van der Waals surface area contributed by atoms with Crippen LogP contribution in [0.4, 0.5) is 5.69 Å². The summed E-state index contributed by atoms with van der Waals surface area (Å²) in [5.74, 6) is -0.448. The number of nitrogens with zero attached hydrogens (tertiary/aromatic N) is 2. The van der Waals surface area contributed by atoms with Crippen LogP contribution < -0.4 is 9.62 Å². The summed E-state index contributed by atoms with van der Waals surface area (Å²) in [6, 6.07) is 23.3. The fourth-order valence-electron chi connectivity index (χ4n) is 4.46. The van der Waals surface area contributed by atoms with Crippen LogP contribution in [0, 0.1) is 6.92 Å². The van der Waals surface area contributed by atoms with Gasteiger partial charge in [-0.1, -0.05) is 77.8 Å². The van der Waals surface area contributed by atoms with Crippen molar-refractivity contribution in [2.24, 2.45) is 0 Å². The van der Waals surface area contributed by atoms with Gasteiger partial charge in [0.05, 0.1) is 11.9 Å². The highest BCUT2D eigenvalue weighted by molar-refractivity contribution is 7.92. The van der Waals surface area contributed by atoms with Crippen LogP contribution in [-0.4, -0.2) is 50.0 Å². The Kier molecular flexibility index (Phi) is 11.2. The fraction of sp³-hybridized carbons (Fsp3) is 0.355. The van der Waals surface area contributed by atoms with Crippen molar-refractivity contribution in [3.63, 3.8) is 0 Å². The van der Waals surface area contributed by atoms with Crippen molar-refractivity contribution in [2.75, 3.05) is 17.1 Å². The summed E-state index contributed by atoms with van der Waals surface area (Å²) in [5.41, 5.74) is 3.39. The molecule has 3 aromatic carbocycles. The normalized spacial score (nSPS) is 12.2. The minimum atomic E-state index is -3.60. The minimum absolute atomic E-state index is 0.0682. The molecule has 1 unspecified atom stereocenters. The third-order valence-electron chi connectivity index (χ3n) is 6.42. The van der Waals surface area contributed by atoms with E-state index in [1.54, 1.807) is 29.2 Å². The molecule has 0 radical (unpaired) electrons. The number of benzene rings is 3. The Morgan fingerprint density at radius 3 is 2.20 bits per heavy atom. The SMILES string of the molecule is Cc1ccc(CN(C(=O)CCCN(c2cccc(Cl)c2)S(C)(=O)=O)C(Cc2ccccc2)C(=O)NC(C)C)cc1. The van der Waals surface area contributed by atoms with Crippen molar-refractivity contribution >= 4 is 39.1 Å². The van der Waals surface area contributed by atoms with E-state index in [1.807, 2.05) is 75.4 Å². The number of carbonyl (C=O) groups is 2. The molecule has 40 heavy (non-hydrogen) atoms. The molecule has 1 atom stereocenters. The van der Waals surface area contributed by atoms with Crippen LogP contribution in [0.25, 0.3) is 0 Å². The number of halogens is 1. The second-order valence-corrected chi connectivity index (χ2v) is 12.6. The molecular formula is C31H38ClN3O4S. The summed E-state index contributed by atoms with van der Waals surface area (Å²) in [4.78, 5) is 28.9. The summed E-state index contributed by atoms with van der Waals surface area (Å²) >= 11 is 6.10. The van der Waals surface area contributed by atoms with Gasteiger partial charge in [-0.15, -0.1) is 0 Å². The lowest BCUT2D eigenvalue weighted by molar-refractivity contribution is -0.141. The fourth-order valence-corrected chi connectivity index (χ4v) is 5.60. The topological polar surface area (TPSA) is 86.8 Å². The molecule has 0 aliphatic heterocycles. The van der Waals surface area contributed by atoms with Gasteiger partial charge in [-0.2, -0.15) is 0 Å². The zero-order valence-corrected chi connectivity index (χ0v) is 25.1. The molecule has 0 fully saturated rings. The molecular weight excluding hydrogens is 546 g/mol. The van der Waals surface area contributed by atoms with E-state index < -0.39 is 16.1 Å². The molecule has 0 aliphatic carbocycles. The number of aryl methyl sites for hydroxylation is 1. The lowest BCUT2D eigenvalue weighted by Gasteiger charge is -2.32. The van der Waals surface area contributed by atoms with Crippen molar-refractivity contribution in [1.82, 2.24) is 10.2 Å². The maximum absolute atomic E-state index is 13.8. The van der Waals surface area contributed by atoms with E-state index >= 15 is 0 Å². The molecule has 0 aromatic heterocycles. The van der Waals surface area contributed by atoms with Crippen molar-refractivity contribution in [3.8, 4) is 0 Å². The third kappa shape index (κ3) is 9.38. The van der Waals surface area contributed by atoms with Gasteiger partial charge in [0.25, 0.3) is 0 Å².